The highest BCUT2D eigenvalue weighted by Crippen LogP contribution is 2.29. The van der Waals surface area contributed by atoms with Crippen molar-refractivity contribution in [3.63, 3.8) is 0 Å². The van der Waals surface area contributed by atoms with E-state index in [0.717, 1.165) is 5.25 Å². The quantitative estimate of drug-likeness (QED) is 0.478. The zero-order valence-electron chi connectivity index (χ0n) is 13.0. The molecular formula is C17H35NS. The van der Waals surface area contributed by atoms with Crippen molar-refractivity contribution >= 4 is 11.8 Å². The molecule has 1 atom stereocenters. The van der Waals surface area contributed by atoms with Crippen LogP contribution in [0.5, 0.6) is 0 Å². The molecule has 1 nitrogen and oxygen atoms in total. The molecule has 0 aromatic rings. The zero-order chi connectivity index (χ0) is 13.8. The smallest absolute Gasteiger partial charge is 0.0130 e. The van der Waals surface area contributed by atoms with E-state index in [0.29, 0.717) is 6.04 Å². The van der Waals surface area contributed by atoms with Crippen LogP contribution in [0.15, 0.2) is 0 Å². The number of unbranched alkanes of at least 4 members (excludes halogenated alkanes) is 7. The average molecular weight is 286 g/mol. The SMILES string of the molecule is CCCCCCCCCCC(N)CSC1CCCC1. The molecule has 0 aliphatic heterocycles. The fourth-order valence-electron chi connectivity index (χ4n) is 2.94. The van der Waals surface area contributed by atoms with Crippen LogP contribution >= 0.6 is 11.8 Å². The van der Waals surface area contributed by atoms with E-state index in [4.69, 9.17) is 5.73 Å². The summed E-state index contributed by atoms with van der Waals surface area (Å²) in [5, 5.41) is 0.935. The van der Waals surface area contributed by atoms with Crippen molar-refractivity contribution in [2.24, 2.45) is 5.73 Å². The predicted molar refractivity (Wildman–Crippen MR) is 89.9 cm³/mol. The van der Waals surface area contributed by atoms with Gasteiger partial charge in [-0.2, -0.15) is 11.8 Å². The molecule has 0 spiro atoms. The minimum Gasteiger partial charge on any atom is -0.327 e. The first-order valence-electron chi connectivity index (χ1n) is 8.70. The highest BCUT2D eigenvalue weighted by Gasteiger charge is 2.16. The van der Waals surface area contributed by atoms with Crippen molar-refractivity contribution in [3.05, 3.63) is 0 Å². The van der Waals surface area contributed by atoms with Gasteiger partial charge in [-0.3, -0.25) is 0 Å². The van der Waals surface area contributed by atoms with Crippen molar-refractivity contribution < 1.29 is 0 Å². The van der Waals surface area contributed by atoms with Crippen LogP contribution in [0.25, 0.3) is 0 Å². The molecule has 0 amide bonds. The van der Waals surface area contributed by atoms with E-state index in [1.54, 1.807) is 0 Å². The van der Waals surface area contributed by atoms with E-state index in [-0.39, 0.29) is 0 Å². The van der Waals surface area contributed by atoms with Gasteiger partial charge in [0.25, 0.3) is 0 Å². The van der Waals surface area contributed by atoms with Crippen molar-refractivity contribution in [2.75, 3.05) is 5.75 Å². The molecule has 1 rings (SSSR count). The predicted octanol–water partition coefficient (Wildman–Crippen LogP) is 5.52. The lowest BCUT2D eigenvalue weighted by Crippen LogP contribution is -2.23. The highest BCUT2D eigenvalue weighted by atomic mass is 32.2. The summed E-state index contributed by atoms with van der Waals surface area (Å²) in [7, 11) is 0. The molecule has 1 fully saturated rings. The van der Waals surface area contributed by atoms with Gasteiger partial charge in [-0.15, -0.1) is 0 Å². The molecule has 0 radical (unpaired) electrons. The molecule has 1 aliphatic carbocycles. The number of hydrogen-bond acceptors (Lipinski definition) is 2. The fourth-order valence-corrected chi connectivity index (χ4v) is 4.29. The summed E-state index contributed by atoms with van der Waals surface area (Å²) in [6.45, 7) is 2.28. The Labute approximate surface area is 125 Å². The van der Waals surface area contributed by atoms with Crippen molar-refractivity contribution in [2.45, 2.75) is 102 Å². The largest absolute Gasteiger partial charge is 0.327 e. The first-order chi connectivity index (χ1) is 9.33. The molecule has 1 saturated carbocycles. The van der Waals surface area contributed by atoms with E-state index in [2.05, 4.69) is 18.7 Å². The molecule has 0 aromatic carbocycles. The van der Waals surface area contributed by atoms with E-state index in [1.165, 1.54) is 89.2 Å². The molecule has 0 saturated heterocycles. The Morgan fingerprint density at radius 2 is 1.53 bits per heavy atom. The molecule has 2 heteroatoms. The maximum absolute atomic E-state index is 6.21. The number of hydrogen-bond donors (Lipinski definition) is 1. The standard InChI is InChI=1S/C17H35NS/c1-2-3-4-5-6-7-8-9-12-16(18)15-19-17-13-10-11-14-17/h16-17H,2-15,18H2,1H3. The van der Waals surface area contributed by atoms with Gasteiger partial charge in [0.05, 0.1) is 0 Å². The molecule has 1 unspecified atom stereocenters. The summed E-state index contributed by atoms with van der Waals surface area (Å²) in [6, 6.07) is 0.450. The Kier molecular flexibility index (Phi) is 11.0. The summed E-state index contributed by atoms with van der Waals surface area (Å²) in [6.07, 6.45) is 18.3. The van der Waals surface area contributed by atoms with E-state index >= 15 is 0 Å². The van der Waals surface area contributed by atoms with Crippen LogP contribution in [-0.2, 0) is 0 Å². The second-order valence-electron chi connectivity index (χ2n) is 6.26. The Morgan fingerprint density at radius 3 is 2.16 bits per heavy atom. The Bertz CT molecular complexity index is 190. The number of thioether (sulfide) groups is 1. The molecule has 0 aromatic heterocycles. The maximum Gasteiger partial charge on any atom is 0.0130 e. The molecule has 2 N–H and O–H groups in total. The van der Waals surface area contributed by atoms with Gasteiger partial charge in [0, 0.05) is 17.0 Å². The lowest BCUT2D eigenvalue weighted by molar-refractivity contribution is 0.543. The zero-order valence-corrected chi connectivity index (χ0v) is 13.9. The van der Waals surface area contributed by atoms with Crippen molar-refractivity contribution in [1.29, 1.82) is 0 Å². The number of nitrogens with two attached hydrogens (primary N) is 1. The van der Waals surface area contributed by atoms with Crippen LogP contribution in [0.4, 0.5) is 0 Å². The summed E-state index contributed by atoms with van der Waals surface area (Å²) in [5.41, 5.74) is 6.21. The van der Waals surface area contributed by atoms with E-state index < -0.39 is 0 Å². The third kappa shape index (κ3) is 9.79. The highest BCUT2D eigenvalue weighted by molar-refractivity contribution is 7.99. The summed E-state index contributed by atoms with van der Waals surface area (Å²) in [4.78, 5) is 0. The molecule has 114 valence electrons. The average Bonchev–Trinajstić information content (AvgIpc) is 2.93. The minimum absolute atomic E-state index is 0.450. The van der Waals surface area contributed by atoms with Gasteiger partial charge < -0.3 is 5.73 Å². The third-order valence-electron chi connectivity index (χ3n) is 4.28. The topological polar surface area (TPSA) is 26.0 Å². The van der Waals surface area contributed by atoms with Gasteiger partial charge in [0.15, 0.2) is 0 Å². The molecular weight excluding hydrogens is 250 g/mol. The van der Waals surface area contributed by atoms with Crippen LogP contribution < -0.4 is 5.73 Å². The van der Waals surface area contributed by atoms with E-state index in [9.17, 15) is 0 Å². The van der Waals surface area contributed by atoms with Gasteiger partial charge >= 0.3 is 0 Å². The van der Waals surface area contributed by atoms with Crippen LogP contribution in [-0.4, -0.2) is 17.0 Å². The molecule has 1 aliphatic rings. The van der Waals surface area contributed by atoms with E-state index in [1.807, 2.05) is 0 Å². The molecule has 0 heterocycles. The van der Waals surface area contributed by atoms with Crippen molar-refractivity contribution in [3.8, 4) is 0 Å². The Morgan fingerprint density at radius 1 is 0.947 bits per heavy atom. The monoisotopic (exact) mass is 285 g/mol. The summed E-state index contributed by atoms with van der Waals surface area (Å²) < 4.78 is 0. The van der Waals surface area contributed by atoms with Gasteiger partial charge in [0.2, 0.25) is 0 Å². The van der Waals surface area contributed by atoms with Gasteiger partial charge in [0.1, 0.15) is 0 Å². The van der Waals surface area contributed by atoms with Crippen molar-refractivity contribution in [1.82, 2.24) is 0 Å². The van der Waals surface area contributed by atoms with Crippen LogP contribution in [0.3, 0.4) is 0 Å². The first kappa shape index (κ1) is 17.4. The number of rotatable bonds is 12. The van der Waals surface area contributed by atoms with Gasteiger partial charge in [-0.1, -0.05) is 71.1 Å². The third-order valence-corrected chi connectivity index (χ3v) is 5.84. The first-order valence-corrected chi connectivity index (χ1v) is 9.75. The lowest BCUT2D eigenvalue weighted by atomic mass is 10.1. The summed E-state index contributed by atoms with van der Waals surface area (Å²) in [5.74, 6) is 1.20. The second-order valence-corrected chi connectivity index (χ2v) is 7.60. The molecule has 19 heavy (non-hydrogen) atoms. The normalized spacial score (nSPS) is 18.0. The summed E-state index contributed by atoms with van der Waals surface area (Å²) >= 11 is 2.14. The van der Waals surface area contributed by atoms with Crippen LogP contribution in [0.2, 0.25) is 0 Å². The Hall–Kier alpha value is 0.310. The second kappa shape index (κ2) is 12.1. The van der Waals surface area contributed by atoms with Gasteiger partial charge in [-0.05, 0) is 19.3 Å². The van der Waals surface area contributed by atoms with Crippen LogP contribution in [0, 0.1) is 0 Å². The van der Waals surface area contributed by atoms with Crippen LogP contribution in [0.1, 0.15) is 90.4 Å². The van der Waals surface area contributed by atoms with Gasteiger partial charge in [-0.25, -0.2) is 0 Å². The maximum atomic E-state index is 6.21. The molecule has 0 bridgehead atoms. The lowest BCUT2D eigenvalue weighted by Gasteiger charge is -2.14. The Balaban J connectivity index is 1.80. The fraction of sp³-hybridized carbons (Fsp3) is 1.00. The minimum atomic E-state index is 0.450.